The van der Waals surface area contributed by atoms with Crippen molar-refractivity contribution in [3.05, 3.63) is 64.5 Å². The third kappa shape index (κ3) is 3.99. The van der Waals surface area contributed by atoms with Crippen molar-refractivity contribution in [3.63, 3.8) is 0 Å². The molecule has 9 nitrogen and oxygen atoms in total. The maximum Gasteiger partial charge on any atom is 0.311 e. The lowest BCUT2D eigenvalue weighted by Crippen LogP contribution is -2.14. The first-order valence-electron chi connectivity index (χ1n) is 9.23. The molecule has 0 aliphatic rings. The third-order valence-electron chi connectivity index (χ3n) is 4.28. The number of benzene rings is 2. The fourth-order valence-corrected chi connectivity index (χ4v) is 4.21. The normalized spacial score (nSPS) is 11.3. The molecule has 0 unspecified atom stereocenters. The zero-order valence-corrected chi connectivity index (χ0v) is 17.5. The van der Waals surface area contributed by atoms with Gasteiger partial charge in [0.25, 0.3) is 10.0 Å². The summed E-state index contributed by atoms with van der Waals surface area (Å²) in [4.78, 5) is 15.2. The lowest BCUT2D eigenvalue weighted by atomic mass is 10.1. The Labute approximate surface area is 174 Å². The molecular weight excluding hydrogens is 410 g/mol. The molecule has 0 saturated heterocycles. The van der Waals surface area contributed by atoms with Gasteiger partial charge in [-0.15, -0.1) is 0 Å². The fraction of sp³-hybridized carbons (Fsp3) is 0.250. The molecule has 0 atom stereocenters. The van der Waals surface area contributed by atoms with Crippen LogP contribution in [-0.4, -0.2) is 35.5 Å². The zero-order chi connectivity index (χ0) is 21.9. The summed E-state index contributed by atoms with van der Waals surface area (Å²) in [5.74, 6) is 0.275. The van der Waals surface area contributed by atoms with E-state index < -0.39 is 14.9 Å². The van der Waals surface area contributed by atoms with E-state index in [-0.39, 0.29) is 46.7 Å². The Morgan fingerprint density at radius 3 is 2.30 bits per heavy atom. The summed E-state index contributed by atoms with van der Waals surface area (Å²) in [6.45, 7) is 5.80. The standard InChI is InChI=1S/C20H21N3O6S/c1-4-28-18-13-19(29-5-2)17(23(24)25)12-16(18)20-21-10-11-22(20)30(26,27)15-8-6-14(3)7-9-15/h6-13H,4-5H2,1-3H3. The van der Waals surface area contributed by atoms with Crippen molar-refractivity contribution in [1.29, 1.82) is 0 Å². The predicted molar refractivity (Wildman–Crippen MR) is 110 cm³/mol. The largest absolute Gasteiger partial charge is 0.493 e. The first-order chi connectivity index (χ1) is 14.3. The zero-order valence-electron chi connectivity index (χ0n) is 16.7. The molecular formula is C20H21N3O6S. The average Bonchev–Trinajstić information content (AvgIpc) is 3.19. The van der Waals surface area contributed by atoms with Gasteiger partial charge in [-0.1, -0.05) is 17.7 Å². The van der Waals surface area contributed by atoms with E-state index >= 15 is 0 Å². The van der Waals surface area contributed by atoms with Gasteiger partial charge in [0, 0.05) is 24.5 Å². The number of nitrogens with zero attached hydrogens (tertiary/aromatic N) is 3. The number of nitro benzene ring substituents is 1. The average molecular weight is 431 g/mol. The maximum absolute atomic E-state index is 13.2. The van der Waals surface area contributed by atoms with Gasteiger partial charge in [-0.25, -0.2) is 17.4 Å². The number of nitro groups is 1. The van der Waals surface area contributed by atoms with E-state index in [1.165, 1.54) is 36.7 Å². The number of ether oxygens (including phenoxy) is 2. The summed E-state index contributed by atoms with van der Waals surface area (Å²) < 4.78 is 38.3. The van der Waals surface area contributed by atoms with Gasteiger partial charge in [-0.2, -0.15) is 0 Å². The lowest BCUT2D eigenvalue weighted by molar-refractivity contribution is -0.385. The van der Waals surface area contributed by atoms with Crippen LogP contribution in [0.4, 0.5) is 5.69 Å². The second-order valence-corrected chi connectivity index (χ2v) is 8.12. The quantitative estimate of drug-likeness (QED) is 0.394. The van der Waals surface area contributed by atoms with Gasteiger partial charge < -0.3 is 9.47 Å². The molecule has 0 fully saturated rings. The van der Waals surface area contributed by atoms with Gasteiger partial charge in [-0.3, -0.25) is 10.1 Å². The van der Waals surface area contributed by atoms with Gasteiger partial charge in [0.15, 0.2) is 5.82 Å². The van der Waals surface area contributed by atoms with Gasteiger partial charge in [0.2, 0.25) is 5.75 Å². The Morgan fingerprint density at radius 2 is 1.70 bits per heavy atom. The summed E-state index contributed by atoms with van der Waals surface area (Å²) >= 11 is 0. The first-order valence-corrected chi connectivity index (χ1v) is 10.7. The van der Waals surface area contributed by atoms with E-state index in [9.17, 15) is 18.5 Å². The van der Waals surface area contributed by atoms with Crippen LogP contribution in [0.25, 0.3) is 11.4 Å². The van der Waals surface area contributed by atoms with Crippen LogP contribution in [0.1, 0.15) is 19.4 Å². The highest BCUT2D eigenvalue weighted by Gasteiger charge is 2.27. The molecule has 0 spiro atoms. The minimum atomic E-state index is -3.98. The van der Waals surface area contributed by atoms with E-state index in [1.54, 1.807) is 26.0 Å². The highest BCUT2D eigenvalue weighted by atomic mass is 32.2. The molecule has 30 heavy (non-hydrogen) atoms. The summed E-state index contributed by atoms with van der Waals surface area (Å²) in [5.41, 5.74) is 0.783. The van der Waals surface area contributed by atoms with Crippen LogP contribution in [0.5, 0.6) is 11.5 Å². The molecule has 1 aromatic heterocycles. The minimum Gasteiger partial charge on any atom is -0.493 e. The van der Waals surface area contributed by atoms with Crippen LogP contribution in [0.2, 0.25) is 0 Å². The minimum absolute atomic E-state index is 0.00479. The van der Waals surface area contributed by atoms with Crippen molar-refractivity contribution in [2.75, 3.05) is 13.2 Å². The molecule has 0 saturated carbocycles. The molecule has 3 rings (SSSR count). The Morgan fingerprint density at radius 1 is 1.07 bits per heavy atom. The Kier molecular flexibility index (Phi) is 6.06. The molecule has 0 N–H and O–H groups in total. The van der Waals surface area contributed by atoms with E-state index in [1.807, 2.05) is 6.92 Å². The lowest BCUT2D eigenvalue weighted by Gasteiger charge is -2.14. The molecule has 0 amide bonds. The molecule has 0 aliphatic carbocycles. The SMILES string of the molecule is CCOc1cc(OCC)c([N+](=O)[O-])cc1-c1nccn1S(=O)(=O)c1ccc(C)cc1. The van der Waals surface area contributed by atoms with Crippen LogP contribution in [0.15, 0.2) is 53.7 Å². The fourth-order valence-electron chi connectivity index (χ4n) is 2.91. The number of imidazole rings is 1. The van der Waals surface area contributed by atoms with Crippen molar-refractivity contribution in [3.8, 4) is 22.9 Å². The van der Waals surface area contributed by atoms with Crippen LogP contribution < -0.4 is 9.47 Å². The maximum atomic E-state index is 13.2. The molecule has 1 heterocycles. The molecule has 10 heteroatoms. The summed E-state index contributed by atoms with van der Waals surface area (Å²) in [6.07, 6.45) is 2.61. The first kappa shape index (κ1) is 21.3. The molecule has 3 aromatic rings. The molecule has 0 bridgehead atoms. The van der Waals surface area contributed by atoms with Crippen molar-refractivity contribution < 1.29 is 22.8 Å². The second-order valence-electron chi connectivity index (χ2n) is 6.30. The highest BCUT2D eigenvalue weighted by Crippen LogP contribution is 2.40. The van der Waals surface area contributed by atoms with Crippen molar-refractivity contribution in [2.24, 2.45) is 0 Å². The van der Waals surface area contributed by atoms with E-state index in [0.717, 1.165) is 9.54 Å². The Balaban J connectivity index is 2.22. The van der Waals surface area contributed by atoms with Gasteiger partial charge >= 0.3 is 5.69 Å². The van der Waals surface area contributed by atoms with Crippen LogP contribution in [0.3, 0.4) is 0 Å². The number of rotatable bonds is 8. The van der Waals surface area contributed by atoms with Gasteiger partial charge in [0.05, 0.1) is 28.6 Å². The summed E-state index contributed by atoms with van der Waals surface area (Å²) in [7, 11) is -3.98. The van der Waals surface area contributed by atoms with Crippen LogP contribution >= 0.6 is 0 Å². The molecule has 0 radical (unpaired) electrons. The highest BCUT2D eigenvalue weighted by molar-refractivity contribution is 7.90. The van der Waals surface area contributed by atoms with Gasteiger partial charge in [-0.05, 0) is 32.9 Å². The van der Waals surface area contributed by atoms with Crippen molar-refractivity contribution >= 4 is 15.7 Å². The van der Waals surface area contributed by atoms with E-state index in [4.69, 9.17) is 9.47 Å². The number of aryl methyl sites for hydroxylation is 1. The summed E-state index contributed by atoms with van der Waals surface area (Å²) in [5, 5.41) is 11.6. The van der Waals surface area contributed by atoms with E-state index in [0.29, 0.717) is 0 Å². The smallest absolute Gasteiger partial charge is 0.311 e. The van der Waals surface area contributed by atoms with Crippen molar-refractivity contribution in [1.82, 2.24) is 8.96 Å². The van der Waals surface area contributed by atoms with Crippen molar-refractivity contribution in [2.45, 2.75) is 25.7 Å². The van der Waals surface area contributed by atoms with Crippen LogP contribution in [-0.2, 0) is 10.0 Å². The van der Waals surface area contributed by atoms with E-state index in [2.05, 4.69) is 4.98 Å². The second kappa shape index (κ2) is 8.54. The molecule has 0 aliphatic heterocycles. The van der Waals surface area contributed by atoms with Gasteiger partial charge in [0.1, 0.15) is 5.75 Å². The number of aromatic nitrogens is 2. The number of hydrogen-bond donors (Lipinski definition) is 0. The molecule has 158 valence electrons. The third-order valence-corrected chi connectivity index (χ3v) is 5.96. The molecule has 2 aromatic carbocycles. The number of hydrogen-bond acceptors (Lipinski definition) is 7. The Bertz CT molecular complexity index is 1170. The summed E-state index contributed by atoms with van der Waals surface area (Å²) in [6, 6.07) is 8.99. The Hall–Kier alpha value is -3.40. The predicted octanol–water partition coefficient (Wildman–Crippen LogP) is 3.80. The van der Waals surface area contributed by atoms with Crippen LogP contribution in [0, 0.1) is 17.0 Å². The topological polar surface area (TPSA) is 114 Å². The monoisotopic (exact) mass is 431 g/mol.